The smallest absolute Gasteiger partial charge is 0.0270 e. The molecular formula is C15H27N3. The van der Waals surface area contributed by atoms with Crippen LogP contribution in [0.3, 0.4) is 0 Å². The second-order valence-corrected chi connectivity index (χ2v) is 5.40. The van der Waals surface area contributed by atoms with Crippen molar-refractivity contribution in [2.45, 2.75) is 33.2 Å². The summed E-state index contributed by atoms with van der Waals surface area (Å²) in [6, 6.07) is 4.78. The molecule has 0 saturated heterocycles. The molecule has 0 spiro atoms. The highest BCUT2D eigenvalue weighted by Crippen LogP contribution is 2.00. The number of hydrogen-bond acceptors (Lipinski definition) is 3. The van der Waals surface area contributed by atoms with Crippen molar-refractivity contribution in [1.29, 1.82) is 0 Å². The number of rotatable bonds is 8. The fraction of sp³-hybridized carbons (Fsp3) is 0.667. The second kappa shape index (κ2) is 8.22. The van der Waals surface area contributed by atoms with Crippen LogP contribution in [0.25, 0.3) is 0 Å². The van der Waals surface area contributed by atoms with E-state index >= 15 is 0 Å². The first-order chi connectivity index (χ1) is 8.59. The van der Waals surface area contributed by atoms with E-state index in [9.17, 15) is 0 Å². The van der Waals surface area contributed by atoms with Crippen LogP contribution in [-0.2, 0) is 6.42 Å². The van der Waals surface area contributed by atoms with E-state index in [2.05, 4.69) is 55.2 Å². The normalized spacial score (nSPS) is 13.2. The Labute approximate surface area is 112 Å². The summed E-state index contributed by atoms with van der Waals surface area (Å²) in [5.41, 5.74) is 1.36. The van der Waals surface area contributed by atoms with Crippen molar-refractivity contribution in [1.82, 2.24) is 15.2 Å². The maximum Gasteiger partial charge on any atom is 0.0270 e. The van der Waals surface area contributed by atoms with Crippen LogP contribution in [0.5, 0.6) is 0 Å². The first-order valence-electron chi connectivity index (χ1n) is 6.90. The lowest BCUT2D eigenvalue weighted by Crippen LogP contribution is -2.37. The lowest BCUT2D eigenvalue weighted by Gasteiger charge is -2.21. The van der Waals surface area contributed by atoms with Gasteiger partial charge in [-0.2, -0.15) is 0 Å². The number of hydrogen-bond donors (Lipinski definition) is 1. The molecule has 3 heteroatoms. The molecule has 0 radical (unpaired) electrons. The van der Waals surface area contributed by atoms with Gasteiger partial charge in [-0.1, -0.05) is 13.8 Å². The monoisotopic (exact) mass is 249 g/mol. The predicted octanol–water partition coefficient (Wildman–Crippen LogP) is 2.19. The van der Waals surface area contributed by atoms with Crippen LogP contribution in [0.1, 0.15) is 26.3 Å². The predicted molar refractivity (Wildman–Crippen MR) is 77.7 cm³/mol. The van der Waals surface area contributed by atoms with E-state index < -0.39 is 0 Å². The van der Waals surface area contributed by atoms with Crippen LogP contribution in [0.15, 0.2) is 24.5 Å². The molecule has 0 amide bonds. The van der Waals surface area contributed by atoms with Crippen molar-refractivity contribution in [3.8, 4) is 0 Å². The number of nitrogens with zero attached hydrogens (tertiary/aromatic N) is 2. The molecule has 1 heterocycles. The van der Waals surface area contributed by atoms with Crippen molar-refractivity contribution in [2.75, 3.05) is 26.7 Å². The summed E-state index contributed by atoms with van der Waals surface area (Å²) >= 11 is 0. The fourth-order valence-electron chi connectivity index (χ4n) is 1.70. The van der Waals surface area contributed by atoms with Crippen molar-refractivity contribution in [3.63, 3.8) is 0 Å². The third-order valence-electron chi connectivity index (χ3n) is 3.49. The van der Waals surface area contributed by atoms with Gasteiger partial charge in [0, 0.05) is 38.1 Å². The van der Waals surface area contributed by atoms with Gasteiger partial charge in [-0.25, -0.2) is 0 Å². The van der Waals surface area contributed by atoms with Gasteiger partial charge < -0.3 is 10.2 Å². The molecule has 0 aromatic carbocycles. The van der Waals surface area contributed by atoms with Crippen LogP contribution in [0.4, 0.5) is 0 Å². The quantitative estimate of drug-likeness (QED) is 0.765. The Morgan fingerprint density at radius 2 is 1.83 bits per heavy atom. The molecule has 102 valence electrons. The van der Waals surface area contributed by atoms with E-state index in [1.54, 1.807) is 0 Å². The highest BCUT2D eigenvalue weighted by atomic mass is 15.1. The van der Waals surface area contributed by atoms with Gasteiger partial charge in [0.05, 0.1) is 0 Å². The maximum absolute atomic E-state index is 4.03. The van der Waals surface area contributed by atoms with Gasteiger partial charge in [0.15, 0.2) is 0 Å². The number of nitrogens with one attached hydrogen (secondary N) is 1. The lowest BCUT2D eigenvalue weighted by atomic mass is 10.1. The maximum atomic E-state index is 4.03. The van der Waals surface area contributed by atoms with E-state index in [1.165, 1.54) is 5.56 Å². The molecule has 0 fully saturated rings. The lowest BCUT2D eigenvalue weighted by molar-refractivity contribution is 0.318. The van der Waals surface area contributed by atoms with Crippen molar-refractivity contribution >= 4 is 0 Å². The van der Waals surface area contributed by atoms with Crippen molar-refractivity contribution in [3.05, 3.63) is 30.1 Å². The van der Waals surface area contributed by atoms with Crippen LogP contribution in [0.2, 0.25) is 0 Å². The van der Waals surface area contributed by atoms with Crippen LogP contribution in [0, 0.1) is 5.92 Å². The van der Waals surface area contributed by atoms with E-state index in [4.69, 9.17) is 0 Å². The molecule has 3 nitrogen and oxygen atoms in total. The topological polar surface area (TPSA) is 28.2 Å². The first kappa shape index (κ1) is 15.1. The SMILES string of the molecule is CC(C)C(C)NCCN(C)CCc1ccncc1. The minimum atomic E-state index is 0.596. The summed E-state index contributed by atoms with van der Waals surface area (Å²) in [6.07, 6.45) is 4.82. The van der Waals surface area contributed by atoms with Gasteiger partial charge >= 0.3 is 0 Å². The Kier molecular flexibility index (Phi) is 6.91. The zero-order chi connectivity index (χ0) is 13.4. The molecule has 0 aliphatic rings. The zero-order valence-corrected chi connectivity index (χ0v) is 12.2. The van der Waals surface area contributed by atoms with E-state index in [-0.39, 0.29) is 0 Å². The fourth-order valence-corrected chi connectivity index (χ4v) is 1.70. The molecule has 1 unspecified atom stereocenters. The molecule has 0 aliphatic carbocycles. The molecule has 1 atom stereocenters. The number of aromatic nitrogens is 1. The van der Waals surface area contributed by atoms with Crippen molar-refractivity contribution in [2.24, 2.45) is 5.92 Å². The minimum absolute atomic E-state index is 0.596. The Morgan fingerprint density at radius 3 is 2.44 bits per heavy atom. The minimum Gasteiger partial charge on any atom is -0.313 e. The standard InChI is InChI=1S/C15H27N3/c1-13(2)14(3)17-10-12-18(4)11-7-15-5-8-16-9-6-15/h5-6,8-9,13-14,17H,7,10-12H2,1-4H3. The molecule has 0 aliphatic heterocycles. The van der Waals surface area contributed by atoms with Crippen LogP contribution in [-0.4, -0.2) is 42.6 Å². The van der Waals surface area contributed by atoms with Crippen LogP contribution < -0.4 is 5.32 Å². The molecule has 1 rings (SSSR count). The Balaban J connectivity index is 2.13. The molecule has 1 N–H and O–H groups in total. The number of likely N-dealkylation sites (N-methyl/N-ethyl adjacent to an activating group) is 1. The van der Waals surface area contributed by atoms with Gasteiger partial charge in [-0.3, -0.25) is 4.98 Å². The van der Waals surface area contributed by atoms with E-state index in [0.717, 1.165) is 26.1 Å². The highest BCUT2D eigenvalue weighted by molar-refractivity contribution is 5.09. The summed E-state index contributed by atoms with van der Waals surface area (Å²) in [4.78, 5) is 6.41. The second-order valence-electron chi connectivity index (χ2n) is 5.40. The summed E-state index contributed by atoms with van der Waals surface area (Å²) in [6.45, 7) is 10.0. The Morgan fingerprint density at radius 1 is 1.17 bits per heavy atom. The average molecular weight is 249 g/mol. The Hall–Kier alpha value is -0.930. The average Bonchev–Trinajstić information content (AvgIpc) is 2.37. The highest BCUT2D eigenvalue weighted by Gasteiger charge is 2.06. The third kappa shape index (κ3) is 6.12. The molecule has 18 heavy (non-hydrogen) atoms. The van der Waals surface area contributed by atoms with Gasteiger partial charge in [0.25, 0.3) is 0 Å². The Bertz CT molecular complexity index is 311. The van der Waals surface area contributed by atoms with Crippen molar-refractivity contribution < 1.29 is 0 Å². The van der Waals surface area contributed by atoms with E-state index in [0.29, 0.717) is 12.0 Å². The molecule has 1 aromatic heterocycles. The molecule has 1 aromatic rings. The zero-order valence-electron chi connectivity index (χ0n) is 12.2. The summed E-state index contributed by atoms with van der Waals surface area (Å²) in [5, 5.41) is 3.56. The van der Waals surface area contributed by atoms with E-state index in [1.807, 2.05) is 12.4 Å². The number of pyridine rings is 1. The summed E-state index contributed by atoms with van der Waals surface area (Å²) < 4.78 is 0. The van der Waals surface area contributed by atoms with Gasteiger partial charge in [-0.15, -0.1) is 0 Å². The molecular weight excluding hydrogens is 222 g/mol. The summed E-state index contributed by atoms with van der Waals surface area (Å²) in [5.74, 6) is 0.701. The van der Waals surface area contributed by atoms with Gasteiger partial charge in [-0.05, 0) is 44.0 Å². The third-order valence-corrected chi connectivity index (χ3v) is 3.49. The summed E-state index contributed by atoms with van der Waals surface area (Å²) in [7, 11) is 2.18. The van der Waals surface area contributed by atoms with Gasteiger partial charge in [0.1, 0.15) is 0 Å². The largest absolute Gasteiger partial charge is 0.313 e. The molecule has 0 saturated carbocycles. The molecule has 0 bridgehead atoms. The van der Waals surface area contributed by atoms with Crippen LogP contribution >= 0.6 is 0 Å². The first-order valence-corrected chi connectivity index (χ1v) is 6.90. The van der Waals surface area contributed by atoms with Gasteiger partial charge in [0.2, 0.25) is 0 Å².